The van der Waals surface area contributed by atoms with E-state index in [2.05, 4.69) is 10.2 Å². The molecule has 3 rings (SSSR count). The van der Waals surface area contributed by atoms with Gasteiger partial charge in [-0.2, -0.15) is 0 Å². The maximum absolute atomic E-state index is 12.3. The number of ether oxygens (including phenoxy) is 3. The molecular weight excluding hydrogens is 374 g/mol. The molecule has 0 bridgehead atoms. The molecule has 0 spiro atoms. The summed E-state index contributed by atoms with van der Waals surface area (Å²) >= 11 is 0. The van der Waals surface area contributed by atoms with Crippen LogP contribution in [0.25, 0.3) is 0 Å². The molecule has 0 aromatic rings. The summed E-state index contributed by atoms with van der Waals surface area (Å²) in [5, 5.41) is 3.04. The third-order valence-corrected chi connectivity index (χ3v) is 6.29. The van der Waals surface area contributed by atoms with E-state index in [0.29, 0.717) is 6.54 Å². The zero-order chi connectivity index (χ0) is 20.4. The number of carbonyl (C=O) groups is 2. The lowest BCUT2D eigenvalue weighted by Gasteiger charge is -2.42. The third kappa shape index (κ3) is 7.51. The highest BCUT2D eigenvalue weighted by molar-refractivity contribution is 5.79. The van der Waals surface area contributed by atoms with E-state index >= 15 is 0 Å². The van der Waals surface area contributed by atoms with E-state index in [1.807, 2.05) is 4.90 Å². The van der Waals surface area contributed by atoms with Gasteiger partial charge in [0.15, 0.2) is 0 Å². The van der Waals surface area contributed by atoms with Gasteiger partial charge >= 0.3 is 0 Å². The molecule has 3 saturated heterocycles. The van der Waals surface area contributed by atoms with Crippen molar-refractivity contribution in [2.45, 2.75) is 38.5 Å². The van der Waals surface area contributed by atoms with Crippen molar-refractivity contribution in [2.75, 3.05) is 78.9 Å². The van der Waals surface area contributed by atoms with E-state index in [1.54, 1.807) is 0 Å². The number of hydrogen-bond acceptors (Lipinski definition) is 6. The van der Waals surface area contributed by atoms with Gasteiger partial charge in [0.2, 0.25) is 11.8 Å². The van der Waals surface area contributed by atoms with Crippen molar-refractivity contribution in [3.05, 3.63) is 0 Å². The van der Waals surface area contributed by atoms with Crippen molar-refractivity contribution in [3.8, 4) is 0 Å². The highest BCUT2D eigenvalue weighted by atomic mass is 16.5. The lowest BCUT2D eigenvalue weighted by atomic mass is 9.79. The Balaban J connectivity index is 1.38. The van der Waals surface area contributed by atoms with Gasteiger partial charge in [-0.25, -0.2) is 0 Å². The number of carbonyl (C=O) groups excluding carboxylic acids is 2. The zero-order valence-electron chi connectivity index (χ0n) is 17.7. The van der Waals surface area contributed by atoms with Crippen molar-refractivity contribution in [2.24, 2.45) is 5.41 Å². The van der Waals surface area contributed by atoms with Crippen LogP contribution in [0.4, 0.5) is 0 Å². The number of amides is 2. The summed E-state index contributed by atoms with van der Waals surface area (Å²) in [7, 11) is 0. The second kappa shape index (κ2) is 11.8. The average molecular weight is 412 g/mol. The van der Waals surface area contributed by atoms with Crippen molar-refractivity contribution in [1.29, 1.82) is 0 Å². The van der Waals surface area contributed by atoms with Crippen LogP contribution in [0.5, 0.6) is 0 Å². The number of nitrogens with zero attached hydrogens (tertiary/aromatic N) is 2. The van der Waals surface area contributed by atoms with Crippen LogP contribution in [-0.4, -0.2) is 101 Å². The van der Waals surface area contributed by atoms with E-state index in [9.17, 15) is 9.59 Å². The van der Waals surface area contributed by atoms with Gasteiger partial charge < -0.3 is 24.4 Å². The van der Waals surface area contributed by atoms with Gasteiger partial charge in [-0.05, 0) is 25.7 Å². The maximum Gasteiger partial charge on any atom is 0.248 e. The summed E-state index contributed by atoms with van der Waals surface area (Å²) in [5.41, 5.74) is 0.0348. The van der Waals surface area contributed by atoms with E-state index < -0.39 is 0 Å². The van der Waals surface area contributed by atoms with Crippen molar-refractivity contribution >= 4 is 11.8 Å². The minimum Gasteiger partial charge on any atom is -0.381 e. The minimum absolute atomic E-state index is 0.00656. The Kier molecular flexibility index (Phi) is 9.17. The fourth-order valence-corrected chi connectivity index (χ4v) is 4.41. The van der Waals surface area contributed by atoms with E-state index in [-0.39, 0.29) is 30.4 Å². The lowest BCUT2D eigenvalue weighted by molar-refractivity contribution is -0.138. The van der Waals surface area contributed by atoms with Crippen molar-refractivity contribution in [1.82, 2.24) is 15.1 Å². The molecule has 0 unspecified atom stereocenters. The predicted molar refractivity (Wildman–Crippen MR) is 109 cm³/mol. The molecule has 29 heavy (non-hydrogen) atoms. The smallest absolute Gasteiger partial charge is 0.248 e. The van der Waals surface area contributed by atoms with Crippen molar-refractivity contribution in [3.63, 3.8) is 0 Å². The molecule has 0 aromatic heterocycles. The Bertz CT molecular complexity index is 510. The topological polar surface area (TPSA) is 80.3 Å². The van der Waals surface area contributed by atoms with Gasteiger partial charge in [0.1, 0.15) is 13.2 Å². The first-order valence-corrected chi connectivity index (χ1v) is 11.2. The molecule has 0 atom stereocenters. The number of nitrogens with one attached hydrogen (secondary N) is 1. The molecule has 0 aromatic carbocycles. The highest BCUT2D eigenvalue weighted by Gasteiger charge is 2.35. The van der Waals surface area contributed by atoms with Crippen LogP contribution in [0.3, 0.4) is 0 Å². The number of rotatable bonds is 8. The Morgan fingerprint density at radius 2 is 1.52 bits per heavy atom. The summed E-state index contributed by atoms with van der Waals surface area (Å²) in [6, 6.07) is 0. The SMILES string of the molecule is O=C(COCC(=O)N1CCCCCC1)NCC1(CN2CCOCC2)CCOCC1. The molecule has 3 aliphatic rings. The zero-order valence-corrected chi connectivity index (χ0v) is 17.7. The molecule has 1 N–H and O–H groups in total. The monoisotopic (exact) mass is 411 g/mol. The normalized spacial score (nSPS) is 23.4. The van der Waals surface area contributed by atoms with Crippen LogP contribution in [0, 0.1) is 5.41 Å². The number of hydrogen-bond donors (Lipinski definition) is 1. The lowest BCUT2D eigenvalue weighted by Crippen LogP contribution is -2.51. The first-order chi connectivity index (χ1) is 14.2. The number of morpholine rings is 1. The number of likely N-dealkylation sites (tertiary alicyclic amines) is 1. The molecule has 8 nitrogen and oxygen atoms in total. The summed E-state index contributed by atoms with van der Waals surface area (Å²) in [5.74, 6) is -0.158. The molecule has 3 aliphatic heterocycles. The molecule has 8 heteroatoms. The summed E-state index contributed by atoms with van der Waals surface area (Å²) in [6.45, 7) is 8.02. The third-order valence-electron chi connectivity index (χ3n) is 6.29. The second-order valence-corrected chi connectivity index (χ2v) is 8.57. The standard InChI is InChI=1S/C21H37N3O5/c25-19(15-29-16-20(26)24-7-3-1-2-4-8-24)22-17-21(5-11-27-12-6-21)18-23-9-13-28-14-10-23/h1-18H2,(H,22,25). The van der Waals surface area contributed by atoms with E-state index in [1.165, 1.54) is 12.8 Å². The van der Waals surface area contributed by atoms with Gasteiger partial charge in [-0.3, -0.25) is 14.5 Å². The fourth-order valence-electron chi connectivity index (χ4n) is 4.41. The van der Waals surface area contributed by atoms with Crippen LogP contribution in [-0.2, 0) is 23.8 Å². The van der Waals surface area contributed by atoms with Gasteiger partial charge in [-0.15, -0.1) is 0 Å². The van der Waals surface area contributed by atoms with Gasteiger partial charge in [0.05, 0.1) is 13.2 Å². The molecule has 3 fully saturated rings. The van der Waals surface area contributed by atoms with Crippen molar-refractivity contribution < 1.29 is 23.8 Å². The quantitative estimate of drug-likeness (QED) is 0.632. The maximum atomic E-state index is 12.3. The van der Waals surface area contributed by atoms with Gasteiger partial charge in [-0.1, -0.05) is 12.8 Å². The second-order valence-electron chi connectivity index (χ2n) is 8.57. The van der Waals surface area contributed by atoms with Crippen LogP contribution < -0.4 is 5.32 Å². The predicted octanol–water partition coefficient (Wildman–Crippen LogP) is 0.651. The average Bonchev–Trinajstić information content (AvgIpc) is 3.03. The van der Waals surface area contributed by atoms with E-state index in [4.69, 9.17) is 14.2 Å². The Hall–Kier alpha value is -1.22. The molecule has 2 amide bonds. The molecule has 3 heterocycles. The molecule has 0 aliphatic carbocycles. The molecule has 0 radical (unpaired) electrons. The summed E-state index contributed by atoms with van der Waals surface area (Å²) < 4.78 is 16.4. The Morgan fingerprint density at radius 3 is 2.21 bits per heavy atom. The largest absolute Gasteiger partial charge is 0.381 e. The van der Waals surface area contributed by atoms with Crippen LogP contribution in [0.1, 0.15) is 38.5 Å². The molecule has 166 valence electrons. The first kappa shape index (κ1) is 22.5. The van der Waals surface area contributed by atoms with Crippen LogP contribution >= 0.6 is 0 Å². The van der Waals surface area contributed by atoms with E-state index in [0.717, 1.165) is 84.8 Å². The summed E-state index contributed by atoms with van der Waals surface area (Å²) in [4.78, 5) is 28.8. The van der Waals surface area contributed by atoms with Crippen LogP contribution in [0.2, 0.25) is 0 Å². The summed E-state index contributed by atoms with van der Waals surface area (Å²) in [6.07, 6.45) is 6.37. The Labute approximate surface area is 174 Å². The van der Waals surface area contributed by atoms with Gasteiger partial charge in [0, 0.05) is 57.9 Å². The highest BCUT2D eigenvalue weighted by Crippen LogP contribution is 2.31. The Morgan fingerprint density at radius 1 is 0.862 bits per heavy atom. The molecular formula is C21H37N3O5. The minimum atomic E-state index is -0.151. The first-order valence-electron chi connectivity index (χ1n) is 11.2. The van der Waals surface area contributed by atoms with Crippen LogP contribution in [0.15, 0.2) is 0 Å². The fraction of sp³-hybridized carbons (Fsp3) is 0.905. The van der Waals surface area contributed by atoms with Gasteiger partial charge in [0.25, 0.3) is 0 Å². The molecule has 0 saturated carbocycles.